The molecule has 1 unspecified atom stereocenters. The summed E-state index contributed by atoms with van der Waals surface area (Å²) in [6, 6.07) is 6.62. The lowest BCUT2D eigenvalue weighted by Crippen LogP contribution is -2.25. The van der Waals surface area contributed by atoms with E-state index in [2.05, 4.69) is 32.2 Å². The fraction of sp³-hybridized carbons (Fsp3) is 0.625. The molecule has 0 bridgehead atoms. The van der Waals surface area contributed by atoms with Crippen molar-refractivity contribution in [1.82, 2.24) is 5.32 Å². The van der Waals surface area contributed by atoms with E-state index >= 15 is 0 Å². The number of hydrogen-bond acceptors (Lipinski definition) is 3. The van der Waals surface area contributed by atoms with Gasteiger partial charge in [-0.15, -0.1) is 0 Å². The van der Waals surface area contributed by atoms with Gasteiger partial charge in [0.05, 0.1) is 0 Å². The van der Waals surface area contributed by atoms with Gasteiger partial charge in [-0.25, -0.2) is 0 Å². The smallest absolute Gasteiger partial charge is 0.231 e. The van der Waals surface area contributed by atoms with Crippen LogP contribution in [0, 0.1) is 5.92 Å². The number of ether oxygens (including phenoxy) is 2. The van der Waals surface area contributed by atoms with Gasteiger partial charge in [-0.3, -0.25) is 0 Å². The standard InChI is InChI=1S/C16H25NO2/c1-12(2)6-4-7-13(3)17-10-14-8-5-9-15-16(14)19-11-18-15/h5,8-9,12-13,17H,4,6-7,10-11H2,1-3H3. The van der Waals surface area contributed by atoms with Crippen LogP contribution in [0.4, 0.5) is 0 Å². The summed E-state index contributed by atoms with van der Waals surface area (Å²) in [6.45, 7) is 8.00. The second-order valence-electron chi connectivity index (χ2n) is 5.76. The Morgan fingerprint density at radius 1 is 1.16 bits per heavy atom. The average molecular weight is 263 g/mol. The minimum atomic E-state index is 0.344. The van der Waals surface area contributed by atoms with Crippen LogP contribution in [0.25, 0.3) is 0 Å². The van der Waals surface area contributed by atoms with Crippen molar-refractivity contribution < 1.29 is 9.47 Å². The first-order valence-electron chi connectivity index (χ1n) is 7.27. The van der Waals surface area contributed by atoms with Crippen molar-refractivity contribution in [2.24, 2.45) is 5.92 Å². The van der Waals surface area contributed by atoms with E-state index in [4.69, 9.17) is 9.47 Å². The van der Waals surface area contributed by atoms with Gasteiger partial charge in [-0.2, -0.15) is 0 Å². The van der Waals surface area contributed by atoms with E-state index in [9.17, 15) is 0 Å². The number of nitrogens with one attached hydrogen (secondary N) is 1. The van der Waals surface area contributed by atoms with Crippen molar-refractivity contribution >= 4 is 0 Å². The summed E-state index contributed by atoms with van der Waals surface area (Å²) in [4.78, 5) is 0. The SMILES string of the molecule is CC(C)CCCC(C)NCc1cccc2c1OCO2. The third-order valence-corrected chi connectivity index (χ3v) is 3.54. The lowest BCUT2D eigenvalue weighted by molar-refractivity contribution is 0.173. The van der Waals surface area contributed by atoms with Crippen LogP contribution >= 0.6 is 0 Å². The largest absolute Gasteiger partial charge is 0.454 e. The molecule has 2 rings (SSSR count). The zero-order chi connectivity index (χ0) is 13.7. The van der Waals surface area contributed by atoms with Crippen LogP contribution in [-0.4, -0.2) is 12.8 Å². The number of para-hydroxylation sites is 1. The fourth-order valence-corrected chi connectivity index (χ4v) is 2.35. The van der Waals surface area contributed by atoms with Gasteiger partial charge in [0.1, 0.15) is 0 Å². The van der Waals surface area contributed by atoms with Gasteiger partial charge in [0, 0.05) is 18.2 Å². The topological polar surface area (TPSA) is 30.5 Å². The van der Waals surface area contributed by atoms with E-state index in [1.807, 2.05) is 12.1 Å². The molecule has 1 heterocycles. The molecule has 1 aliphatic heterocycles. The van der Waals surface area contributed by atoms with Crippen molar-refractivity contribution in [2.45, 2.75) is 52.6 Å². The molecule has 3 heteroatoms. The molecular weight excluding hydrogens is 238 g/mol. The summed E-state index contributed by atoms with van der Waals surface area (Å²) < 4.78 is 10.9. The molecule has 1 N–H and O–H groups in total. The van der Waals surface area contributed by atoms with Gasteiger partial charge < -0.3 is 14.8 Å². The fourth-order valence-electron chi connectivity index (χ4n) is 2.35. The zero-order valence-electron chi connectivity index (χ0n) is 12.2. The highest BCUT2D eigenvalue weighted by Gasteiger charge is 2.17. The summed E-state index contributed by atoms with van der Waals surface area (Å²) in [5.74, 6) is 2.58. The number of benzene rings is 1. The maximum absolute atomic E-state index is 5.51. The molecule has 0 aromatic heterocycles. The summed E-state index contributed by atoms with van der Waals surface area (Å²) in [5, 5.41) is 3.57. The van der Waals surface area contributed by atoms with Crippen molar-refractivity contribution in [2.75, 3.05) is 6.79 Å². The summed E-state index contributed by atoms with van der Waals surface area (Å²) in [7, 11) is 0. The summed E-state index contributed by atoms with van der Waals surface area (Å²) in [6.07, 6.45) is 3.83. The van der Waals surface area contributed by atoms with Crippen molar-refractivity contribution in [3.63, 3.8) is 0 Å². The Balaban J connectivity index is 1.78. The third kappa shape index (κ3) is 4.13. The molecule has 0 saturated carbocycles. The first kappa shape index (κ1) is 14.2. The molecule has 1 atom stereocenters. The number of fused-ring (bicyclic) bond motifs is 1. The molecule has 1 aliphatic rings. The highest BCUT2D eigenvalue weighted by atomic mass is 16.7. The lowest BCUT2D eigenvalue weighted by atomic mass is 10.0. The van der Waals surface area contributed by atoms with Gasteiger partial charge >= 0.3 is 0 Å². The second kappa shape index (κ2) is 6.80. The van der Waals surface area contributed by atoms with Crippen LogP contribution in [0.5, 0.6) is 11.5 Å². The van der Waals surface area contributed by atoms with E-state index < -0.39 is 0 Å². The Hall–Kier alpha value is -1.22. The third-order valence-electron chi connectivity index (χ3n) is 3.54. The predicted octanol–water partition coefficient (Wildman–Crippen LogP) is 3.72. The highest BCUT2D eigenvalue weighted by molar-refractivity contribution is 5.48. The van der Waals surface area contributed by atoms with Gasteiger partial charge in [-0.05, 0) is 25.3 Å². The molecule has 106 valence electrons. The molecule has 0 radical (unpaired) electrons. The minimum Gasteiger partial charge on any atom is -0.454 e. The van der Waals surface area contributed by atoms with Gasteiger partial charge in [0.15, 0.2) is 11.5 Å². The molecule has 0 aliphatic carbocycles. The average Bonchev–Trinajstić information content (AvgIpc) is 2.84. The van der Waals surface area contributed by atoms with Crippen molar-refractivity contribution in [3.05, 3.63) is 23.8 Å². The van der Waals surface area contributed by atoms with Gasteiger partial charge in [0.2, 0.25) is 6.79 Å². The maximum Gasteiger partial charge on any atom is 0.231 e. The normalized spacial score (nSPS) is 14.9. The Bertz CT molecular complexity index is 404. The van der Waals surface area contributed by atoms with Crippen molar-refractivity contribution in [3.8, 4) is 11.5 Å². The zero-order valence-corrected chi connectivity index (χ0v) is 12.2. The van der Waals surface area contributed by atoms with Gasteiger partial charge in [0.25, 0.3) is 0 Å². The molecule has 0 fully saturated rings. The molecule has 1 aromatic rings. The molecule has 0 saturated heterocycles. The van der Waals surface area contributed by atoms with E-state index in [-0.39, 0.29) is 0 Å². The van der Waals surface area contributed by atoms with Crippen LogP contribution in [0.15, 0.2) is 18.2 Å². The predicted molar refractivity (Wildman–Crippen MR) is 77.6 cm³/mol. The van der Waals surface area contributed by atoms with Crippen LogP contribution < -0.4 is 14.8 Å². The molecular formula is C16H25NO2. The summed E-state index contributed by atoms with van der Waals surface area (Å²) in [5.41, 5.74) is 1.19. The van der Waals surface area contributed by atoms with Crippen LogP contribution in [0.2, 0.25) is 0 Å². The van der Waals surface area contributed by atoms with Crippen molar-refractivity contribution in [1.29, 1.82) is 0 Å². The highest BCUT2D eigenvalue weighted by Crippen LogP contribution is 2.35. The monoisotopic (exact) mass is 263 g/mol. The van der Waals surface area contributed by atoms with Crippen LogP contribution in [-0.2, 0) is 6.54 Å². The Labute approximate surface area is 116 Å². The minimum absolute atomic E-state index is 0.344. The first-order valence-corrected chi connectivity index (χ1v) is 7.27. The molecule has 0 amide bonds. The lowest BCUT2D eigenvalue weighted by Gasteiger charge is -2.15. The molecule has 19 heavy (non-hydrogen) atoms. The molecule has 1 aromatic carbocycles. The Morgan fingerprint density at radius 3 is 2.79 bits per heavy atom. The maximum atomic E-state index is 5.51. The first-order chi connectivity index (χ1) is 9.16. The van der Waals surface area contributed by atoms with Gasteiger partial charge in [-0.1, -0.05) is 38.8 Å². The second-order valence-corrected chi connectivity index (χ2v) is 5.76. The molecule has 0 spiro atoms. The Morgan fingerprint density at radius 2 is 2.00 bits per heavy atom. The number of hydrogen-bond donors (Lipinski definition) is 1. The van der Waals surface area contributed by atoms with Crippen LogP contribution in [0.3, 0.4) is 0 Å². The Kier molecular flexibility index (Phi) is 5.08. The van der Waals surface area contributed by atoms with E-state index in [1.54, 1.807) is 0 Å². The number of rotatable bonds is 7. The summed E-state index contributed by atoms with van der Waals surface area (Å²) >= 11 is 0. The van der Waals surface area contributed by atoms with E-state index in [1.165, 1.54) is 24.8 Å². The quantitative estimate of drug-likeness (QED) is 0.813. The van der Waals surface area contributed by atoms with Crippen LogP contribution in [0.1, 0.15) is 45.6 Å². The van der Waals surface area contributed by atoms with E-state index in [0.717, 1.165) is 24.0 Å². The van der Waals surface area contributed by atoms with E-state index in [0.29, 0.717) is 12.8 Å². The molecule has 3 nitrogen and oxygen atoms in total.